The van der Waals surface area contributed by atoms with Crippen molar-refractivity contribution in [1.82, 2.24) is 14.5 Å². The van der Waals surface area contributed by atoms with Gasteiger partial charge in [-0.25, -0.2) is 4.98 Å². The van der Waals surface area contributed by atoms with Gasteiger partial charge in [0.05, 0.1) is 17.2 Å². The highest BCUT2D eigenvalue weighted by atomic mass is 15.2. The summed E-state index contributed by atoms with van der Waals surface area (Å²) in [6, 6.07) is 8.19. The lowest BCUT2D eigenvalue weighted by atomic mass is 10.2. The Labute approximate surface area is 117 Å². The fourth-order valence-corrected chi connectivity index (χ4v) is 2.95. The van der Waals surface area contributed by atoms with E-state index in [9.17, 15) is 0 Å². The third kappa shape index (κ3) is 1.92. The van der Waals surface area contributed by atoms with Crippen LogP contribution in [0.3, 0.4) is 0 Å². The molecule has 2 aromatic heterocycles. The van der Waals surface area contributed by atoms with Crippen LogP contribution in [0.15, 0.2) is 30.5 Å². The van der Waals surface area contributed by atoms with Gasteiger partial charge in [0.1, 0.15) is 5.52 Å². The number of fused-ring (bicyclic) bond motifs is 3. The monoisotopic (exact) mass is 266 g/mol. The van der Waals surface area contributed by atoms with Crippen molar-refractivity contribution in [2.75, 3.05) is 5.73 Å². The Kier molecular flexibility index (Phi) is 2.62. The summed E-state index contributed by atoms with van der Waals surface area (Å²) < 4.78 is 2.15. The van der Waals surface area contributed by atoms with E-state index in [2.05, 4.69) is 20.6 Å². The van der Waals surface area contributed by atoms with Crippen LogP contribution in [-0.4, -0.2) is 14.5 Å². The van der Waals surface area contributed by atoms with E-state index in [0.717, 1.165) is 34.4 Å². The molecule has 0 unspecified atom stereocenters. The van der Waals surface area contributed by atoms with Gasteiger partial charge in [-0.1, -0.05) is 31.0 Å². The number of anilines is 1. The third-order valence-electron chi connectivity index (χ3n) is 4.20. The molecule has 1 aromatic carbocycles. The number of para-hydroxylation sites is 1. The van der Waals surface area contributed by atoms with Crippen LogP contribution in [-0.2, 0) is 6.54 Å². The molecule has 4 nitrogen and oxygen atoms in total. The first-order valence-corrected chi connectivity index (χ1v) is 7.32. The summed E-state index contributed by atoms with van der Waals surface area (Å²) in [7, 11) is 0. The quantitative estimate of drug-likeness (QED) is 0.787. The lowest BCUT2D eigenvalue weighted by Crippen LogP contribution is -2.04. The fourth-order valence-electron chi connectivity index (χ4n) is 2.95. The zero-order valence-corrected chi connectivity index (χ0v) is 11.4. The molecule has 4 rings (SSSR count). The molecule has 2 heterocycles. The van der Waals surface area contributed by atoms with Gasteiger partial charge < -0.3 is 10.3 Å². The van der Waals surface area contributed by atoms with Crippen LogP contribution in [0.1, 0.15) is 25.7 Å². The minimum Gasteiger partial charge on any atom is -0.369 e. The van der Waals surface area contributed by atoms with E-state index < -0.39 is 0 Å². The molecular weight excluding hydrogens is 248 g/mol. The number of imidazole rings is 1. The summed E-state index contributed by atoms with van der Waals surface area (Å²) in [5.41, 5.74) is 9.13. The van der Waals surface area contributed by atoms with Gasteiger partial charge >= 0.3 is 0 Å². The standard InChI is InChI=1S/C16H18N4/c17-16-19-14-10-18-13-6-2-1-5-12(13)15(14)20(16)9-3-4-11-7-8-11/h1-2,5-6,10-11H,3-4,7-9H2,(H2,17,19). The number of rotatable bonds is 4. The number of hydrogen-bond acceptors (Lipinski definition) is 3. The van der Waals surface area contributed by atoms with Gasteiger partial charge in [0.25, 0.3) is 0 Å². The van der Waals surface area contributed by atoms with Crippen molar-refractivity contribution in [1.29, 1.82) is 0 Å². The molecule has 1 saturated carbocycles. The van der Waals surface area contributed by atoms with Crippen molar-refractivity contribution in [3.63, 3.8) is 0 Å². The molecule has 3 aromatic rings. The maximum absolute atomic E-state index is 6.10. The van der Waals surface area contributed by atoms with E-state index in [0.29, 0.717) is 5.95 Å². The minimum atomic E-state index is 0.606. The molecule has 0 bridgehead atoms. The topological polar surface area (TPSA) is 56.7 Å². The number of benzene rings is 1. The summed E-state index contributed by atoms with van der Waals surface area (Å²) in [4.78, 5) is 8.91. The number of nitrogens with zero attached hydrogens (tertiary/aromatic N) is 3. The van der Waals surface area contributed by atoms with Crippen molar-refractivity contribution in [2.45, 2.75) is 32.2 Å². The van der Waals surface area contributed by atoms with Crippen LogP contribution in [0.4, 0.5) is 5.95 Å². The molecule has 0 saturated heterocycles. The van der Waals surface area contributed by atoms with Crippen LogP contribution in [0.25, 0.3) is 21.9 Å². The number of aromatic nitrogens is 3. The number of nitrogens with two attached hydrogens (primary N) is 1. The Morgan fingerprint density at radius 2 is 2.05 bits per heavy atom. The molecule has 0 aliphatic heterocycles. The third-order valence-corrected chi connectivity index (χ3v) is 4.20. The summed E-state index contributed by atoms with van der Waals surface area (Å²) in [6.45, 7) is 0.951. The second-order valence-electron chi connectivity index (χ2n) is 5.72. The maximum Gasteiger partial charge on any atom is 0.201 e. The number of nitrogen functional groups attached to an aromatic ring is 1. The lowest BCUT2D eigenvalue weighted by Gasteiger charge is -2.07. The number of aryl methyl sites for hydroxylation is 1. The SMILES string of the molecule is Nc1nc2cnc3ccccc3c2n1CCCC1CC1. The van der Waals surface area contributed by atoms with Gasteiger partial charge in [0.15, 0.2) is 0 Å². The van der Waals surface area contributed by atoms with E-state index >= 15 is 0 Å². The van der Waals surface area contributed by atoms with Crippen molar-refractivity contribution < 1.29 is 0 Å². The van der Waals surface area contributed by atoms with Crippen molar-refractivity contribution in [3.8, 4) is 0 Å². The molecule has 0 amide bonds. The molecule has 0 radical (unpaired) electrons. The Bertz CT molecular complexity index is 771. The molecular formula is C16H18N4. The van der Waals surface area contributed by atoms with Gasteiger partial charge in [-0.15, -0.1) is 0 Å². The highest BCUT2D eigenvalue weighted by Crippen LogP contribution is 2.34. The molecule has 1 fully saturated rings. The van der Waals surface area contributed by atoms with Crippen molar-refractivity contribution >= 4 is 27.9 Å². The largest absolute Gasteiger partial charge is 0.369 e. The maximum atomic E-state index is 6.10. The average molecular weight is 266 g/mol. The van der Waals surface area contributed by atoms with Gasteiger partial charge in [-0.3, -0.25) is 4.98 Å². The van der Waals surface area contributed by atoms with Crippen molar-refractivity contribution in [2.24, 2.45) is 5.92 Å². The predicted molar refractivity (Wildman–Crippen MR) is 81.4 cm³/mol. The van der Waals surface area contributed by atoms with E-state index in [1.807, 2.05) is 24.4 Å². The van der Waals surface area contributed by atoms with Crippen LogP contribution in [0, 0.1) is 5.92 Å². The molecule has 20 heavy (non-hydrogen) atoms. The van der Waals surface area contributed by atoms with E-state index in [1.54, 1.807) is 0 Å². The van der Waals surface area contributed by atoms with Crippen LogP contribution in [0.2, 0.25) is 0 Å². The number of hydrogen-bond donors (Lipinski definition) is 1. The van der Waals surface area contributed by atoms with Gasteiger partial charge in [-0.2, -0.15) is 0 Å². The number of pyridine rings is 1. The molecule has 1 aliphatic carbocycles. The van der Waals surface area contributed by atoms with Crippen LogP contribution < -0.4 is 5.73 Å². The van der Waals surface area contributed by atoms with Crippen LogP contribution in [0.5, 0.6) is 0 Å². The molecule has 0 atom stereocenters. The smallest absolute Gasteiger partial charge is 0.201 e. The van der Waals surface area contributed by atoms with E-state index in [4.69, 9.17) is 5.73 Å². The van der Waals surface area contributed by atoms with Gasteiger partial charge in [0.2, 0.25) is 5.95 Å². The molecule has 0 spiro atoms. The summed E-state index contributed by atoms with van der Waals surface area (Å²) in [5.74, 6) is 1.57. The molecule has 2 N–H and O–H groups in total. The second kappa shape index (κ2) is 4.47. The normalized spacial score (nSPS) is 15.2. The Balaban J connectivity index is 1.80. The van der Waals surface area contributed by atoms with E-state index in [1.165, 1.54) is 25.7 Å². The van der Waals surface area contributed by atoms with Gasteiger partial charge in [-0.05, 0) is 24.8 Å². The first-order valence-electron chi connectivity index (χ1n) is 7.32. The summed E-state index contributed by atoms with van der Waals surface area (Å²) in [6.07, 6.45) is 7.13. The Morgan fingerprint density at radius 3 is 2.90 bits per heavy atom. The molecule has 102 valence electrons. The zero-order chi connectivity index (χ0) is 13.5. The average Bonchev–Trinajstić information content (AvgIpc) is 3.23. The molecule has 1 aliphatic rings. The minimum absolute atomic E-state index is 0.606. The molecule has 4 heteroatoms. The fraction of sp³-hybridized carbons (Fsp3) is 0.375. The first-order chi connectivity index (χ1) is 9.83. The summed E-state index contributed by atoms with van der Waals surface area (Å²) in [5, 5.41) is 1.14. The summed E-state index contributed by atoms with van der Waals surface area (Å²) >= 11 is 0. The second-order valence-corrected chi connectivity index (χ2v) is 5.72. The van der Waals surface area contributed by atoms with Crippen molar-refractivity contribution in [3.05, 3.63) is 30.5 Å². The Hall–Kier alpha value is -2.10. The highest BCUT2D eigenvalue weighted by molar-refractivity contribution is 6.02. The predicted octanol–water partition coefficient (Wildman–Crippen LogP) is 3.36. The van der Waals surface area contributed by atoms with Gasteiger partial charge in [0, 0.05) is 11.9 Å². The lowest BCUT2D eigenvalue weighted by molar-refractivity contribution is 0.591. The Morgan fingerprint density at radius 1 is 1.20 bits per heavy atom. The van der Waals surface area contributed by atoms with E-state index in [-0.39, 0.29) is 0 Å². The first kappa shape index (κ1) is 11.7. The highest BCUT2D eigenvalue weighted by Gasteiger charge is 2.20. The van der Waals surface area contributed by atoms with Crippen LogP contribution >= 0.6 is 0 Å². The zero-order valence-electron chi connectivity index (χ0n) is 11.4.